The second-order valence-corrected chi connectivity index (χ2v) is 6.52. The maximum absolute atomic E-state index is 14.1. The summed E-state index contributed by atoms with van der Waals surface area (Å²) in [7, 11) is 0. The average Bonchev–Trinajstić information content (AvgIpc) is 3.28. The lowest BCUT2D eigenvalue weighted by atomic mass is 10.1. The van der Waals surface area contributed by atoms with Gasteiger partial charge in [-0.1, -0.05) is 6.07 Å². The van der Waals surface area contributed by atoms with Crippen LogP contribution in [-0.2, 0) is 4.74 Å². The summed E-state index contributed by atoms with van der Waals surface area (Å²) in [4.78, 5) is 9.20. The molecular formula is C15H15FN4O3S. The topological polar surface area (TPSA) is 106 Å². The molecule has 24 heavy (non-hydrogen) atoms. The summed E-state index contributed by atoms with van der Waals surface area (Å²) < 4.78 is 21.1. The number of nitrogens with zero attached hydrogens (tertiary/aromatic N) is 3. The van der Waals surface area contributed by atoms with E-state index in [0.717, 1.165) is 10.4 Å². The number of aliphatic hydroxyl groups is 2. The Bertz CT molecular complexity index is 869. The first kappa shape index (κ1) is 15.5. The molecule has 1 aliphatic rings. The summed E-state index contributed by atoms with van der Waals surface area (Å²) in [5.41, 5.74) is 7.25. The molecule has 4 N–H and O–H groups in total. The number of aliphatic hydroxyl groups excluding tert-OH is 2. The number of hydrogen-bond acceptors (Lipinski definition) is 7. The summed E-state index contributed by atoms with van der Waals surface area (Å²) >= 11 is 1.52. The zero-order valence-corrected chi connectivity index (χ0v) is 13.2. The van der Waals surface area contributed by atoms with Gasteiger partial charge in [-0.05, 0) is 11.4 Å². The lowest BCUT2D eigenvalue weighted by Crippen LogP contribution is -2.29. The predicted octanol–water partition coefficient (Wildman–Crippen LogP) is 1.33. The van der Waals surface area contributed by atoms with Crippen molar-refractivity contribution < 1.29 is 19.3 Å². The van der Waals surface area contributed by atoms with Gasteiger partial charge in [-0.15, -0.1) is 11.3 Å². The lowest BCUT2D eigenvalue weighted by Gasteiger charge is -2.16. The highest BCUT2D eigenvalue weighted by Gasteiger charge is 2.45. The van der Waals surface area contributed by atoms with Crippen molar-refractivity contribution in [3.63, 3.8) is 0 Å². The zero-order valence-electron chi connectivity index (χ0n) is 12.4. The quantitative estimate of drug-likeness (QED) is 0.658. The molecule has 0 aliphatic carbocycles. The molecule has 4 atom stereocenters. The fourth-order valence-corrected chi connectivity index (χ4v) is 3.75. The van der Waals surface area contributed by atoms with E-state index in [1.54, 1.807) is 10.8 Å². The van der Waals surface area contributed by atoms with Gasteiger partial charge in [0.05, 0.1) is 12.0 Å². The van der Waals surface area contributed by atoms with Crippen LogP contribution in [0, 0.1) is 0 Å². The van der Waals surface area contributed by atoms with Crippen molar-refractivity contribution in [2.45, 2.75) is 24.6 Å². The Kier molecular flexibility index (Phi) is 3.72. The van der Waals surface area contributed by atoms with Crippen molar-refractivity contribution in [1.29, 1.82) is 0 Å². The van der Waals surface area contributed by atoms with Crippen molar-refractivity contribution in [1.82, 2.24) is 14.5 Å². The fourth-order valence-electron chi connectivity index (χ4n) is 3.01. The Morgan fingerprint density at radius 2 is 2.25 bits per heavy atom. The van der Waals surface area contributed by atoms with Crippen molar-refractivity contribution in [3.05, 3.63) is 30.0 Å². The number of halogens is 1. The first-order valence-electron chi connectivity index (χ1n) is 7.35. The van der Waals surface area contributed by atoms with Gasteiger partial charge in [0.2, 0.25) is 0 Å². The van der Waals surface area contributed by atoms with Crippen molar-refractivity contribution >= 4 is 28.2 Å². The molecule has 0 bridgehead atoms. The number of alkyl halides is 1. The van der Waals surface area contributed by atoms with Gasteiger partial charge in [0.1, 0.15) is 30.0 Å². The SMILES string of the molecule is Nc1ncnc2c1c(-c1cccs1)cn2[C@@H]1O[C@H](CO)[C@@H](F)[C@H]1O. The van der Waals surface area contributed by atoms with E-state index in [4.69, 9.17) is 10.5 Å². The Balaban J connectivity index is 1.90. The van der Waals surface area contributed by atoms with Crippen LogP contribution < -0.4 is 5.73 Å². The van der Waals surface area contributed by atoms with E-state index in [1.165, 1.54) is 17.7 Å². The molecule has 0 radical (unpaired) electrons. The van der Waals surface area contributed by atoms with Crippen molar-refractivity contribution in [2.75, 3.05) is 12.3 Å². The van der Waals surface area contributed by atoms with Gasteiger partial charge < -0.3 is 25.3 Å². The van der Waals surface area contributed by atoms with Crippen LogP contribution in [0.25, 0.3) is 21.5 Å². The van der Waals surface area contributed by atoms with Crippen LogP contribution in [-0.4, -0.2) is 49.7 Å². The molecule has 3 aromatic rings. The van der Waals surface area contributed by atoms with Crippen LogP contribution in [0.2, 0.25) is 0 Å². The van der Waals surface area contributed by atoms with Gasteiger partial charge >= 0.3 is 0 Å². The monoisotopic (exact) mass is 350 g/mol. The van der Waals surface area contributed by atoms with Crippen molar-refractivity contribution in [2.24, 2.45) is 0 Å². The summed E-state index contributed by atoms with van der Waals surface area (Å²) in [5, 5.41) is 21.9. The average molecular weight is 350 g/mol. The highest BCUT2D eigenvalue weighted by atomic mass is 32.1. The minimum absolute atomic E-state index is 0.296. The Morgan fingerprint density at radius 1 is 1.42 bits per heavy atom. The van der Waals surface area contributed by atoms with E-state index in [2.05, 4.69) is 9.97 Å². The highest BCUT2D eigenvalue weighted by molar-refractivity contribution is 7.13. The van der Waals surface area contributed by atoms with Gasteiger partial charge in [-0.3, -0.25) is 0 Å². The van der Waals surface area contributed by atoms with E-state index in [0.29, 0.717) is 16.9 Å². The number of thiophene rings is 1. The molecule has 3 aromatic heterocycles. The third kappa shape index (κ3) is 2.20. The predicted molar refractivity (Wildman–Crippen MR) is 87.2 cm³/mol. The van der Waals surface area contributed by atoms with Gasteiger partial charge in [-0.2, -0.15) is 0 Å². The zero-order chi connectivity index (χ0) is 16.8. The summed E-state index contributed by atoms with van der Waals surface area (Å²) in [6.45, 7) is -0.511. The Labute approximate surface area is 140 Å². The van der Waals surface area contributed by atoms with Gasteiger partial charge in [0.15, 0.2) is 12.4 Å². The largest absolute Gasteiger partial charge is 0.394 e. The molecule has 0 spiro atoms. The minimum Gasteiger partial charge on any atom is -0.394 e. The number of nitrogens with two attached hydrogens (primary N) is 1. The molecule has 0 aromatic carbocycles. The number of rotatable bonds is 3. The van der Waals surface area contributed by atoms with Crippen LogP contribution in [0.5, 0.6) is 0 Å². The molecule has 1 aliphatic heterocycles. The number of aromatic nitrogens is 3. The molecule has 126 valence electrons. The smallest absolute Gasteiger partial charge is 0.164 e. The molecule has 1 saturated heterocycles. The number of ether oxygens (including phenoxy) is 1. The maximum Gasteiger partial charge on any atom is 0.164 e. The lowest BCUT2D eigenvalue weighted by molar-refractivity contribution is -0.0492. The van der Waals surface area contributed by atoms with Crippen LogP contribution in [0.15, 0.2) is 30.0 Å². The summed E-state index contributed by atoms with van der Waals surface area (Å²) in [6.07, 6.45) is -2.13. The number of anilines is 1. The molecule has 4 rings (SSSR count). The third-order valence-electron chi connectivity index (χ3n) is 4.17. The Hall–Kier alpha value is -2.07. The third-order valence-corrected chi connectivity index (χ3v) is 5.07. The molecule has 9 heteroatoms. The first-order valence-corrected chi connectivity index (χ1v) is 8.23. The van der Waals surface area contributed by atoms with E-state index in [9.17, 15) is 14.6 Å². The van der Waals surface area contributed by atoms with Crippen LogP contribution in [0.1, 0.15) is 6.23 Å². The van der Waals surface area contributed by atoms with E-state index >= 15 is 0 Å². The second-order valence-electron chi connectivity index (χ2n) is 5.57. The molecule has 4 heterocycles. The molecule has 1 fully saturated rings. The van der Waals surface area contributed by atoms with Crippen molar-refractivity contribution in [3.8, 4) is 10.4 Å². The van der Waals surface area contributed by atoms with Gasteiger partial charge in [0, 0.05) is 16.6 Å². The standard InChI is InChI=1S/C15H15FN4O3S/c16-11-8(5-21)23-15(12(11)22)20-4-7(9-2-1-3-24-9)10-13(17)18-6-19-14(10)20/h1-4,6,8,11-12,15,21-22H,5H2,(H2,17,18,19)/t8-,11-,12-,15-/m1/s1. The maximum atomic E-state index is 14.1. The Morgan fingerprint density at radius 3 is 2.92 bits per heavy atom. The highest BCUT2D eigenvalue weighted by Crippen LogP contribution is 2.40. The molecule has 7 nitrogen and oxygen atoms in total. The first-order chi connectivity index (χ1) is 11.6. The number of nitrogen functional groups attached to an aromatic ring is 1. The van der Waals surface area contributed by atoms with Crippen LogP contribution in [0.3, 0.4) is 0 Å². The number of fused-ring (bicyclic) bond motifs is 1. The second kappa shape index (κ2) is 5.78. The molecular weight excluding hydrogens is 335 g/mol. The molecule has 0 unspecified atom stereocenters. The minimum atomic E-state index is -1.68. The molecule has 0 amide bonds. The van der Waals surface area contributed by atoms with Crippen LogP contribution >= 0.6 is 11.3 Å². The molecule has 0 saturated carbocycles. The summed E-state index contributed by atoms with van der Waals surface area (Å²) in [5.74, 6) is 0.296. The van der Waals surface area contributed by atoms with E-state index in [1.807, 2.05) is 17.5 Å². The van der Waals surface area contributed by atoms with Gasteiger partial charge in [0.25, 0.3) is 0 Å². The summed E-state index contributed by atoms with van der Waals surface area (Å²) in [6, 6.07) is 3.83. The normalized spacial score (nSPS) is 27.1. The van der Waals surface area contributed by atoms with Gasteiger partial charge in [-0.25, -0.2) is 14.4 Å². The van der Waals surface area contributed by atoms with E-state index in [-0.39, 0.29) is 0 Å². The van der Waals surface area contributed by atoms with E-state index < -0.39 is 31.2 Å². The van der Waals surface area contributed by atoms with Crippen LogP contribution in [0.4, 0.5) is 10.2 Å². The number of hydrogen-bond donors (Lipinski definition) is 3. The fraction of sp³-hybridized carbons (Fsp3) is 0.333.